The smallest absolute Gasteiger partial charge is 0.274 e. The molecule has 0 amide bonds. The molecule has 0 aromatic heterocycles. The topological polar surface area (TPSA) is 60.7 Å². The van der Waals surface area contributed by atoms with Crippen molar-refractivity contribution in [2.75, 3.05) is 21.3 Å². The minimum atomic E-state index is -2.02. The zero-order valence-electron chi connectivity index (χ0n) is 12.3. The van der Waals surface area contributed by atoms with Gasteiger partial charge in [0.25, 0.3) is 5.79 Å². The lowest BCUT2D eigenvalue weighted by molar-refractivity contribution is -0.258. The van der Waals surface area contributed by atoms with E-state index in [0.29, 0.717) is 5.76 Å². The summed E-state index contributed by atoms with van der Waals surface area (Å²) in [7, 11) is 2.43. The first-order chi connectivity index (χ1) is 8.80. The number of rotatable bonds is 5. The highest BCUT2D eigenvalue weighted by molar-refractivity contribution is 6.69. The number of nitriles is 1. The van der Waals surface area contributed by atoms with Crippen LogP contribution in [0.2, 0.25) is 19.6 Å². The van der Waals surface area contributed by atoms with Crippen molar-refractivity contribution in [2.24, 2.45) is 0 Å². The van der Waals surface area contributed by atoms with E-state index in [9.17, 15) is 5.26 Å². The van der Waals surface area contributed by atoms with Crippen molar-refractivity contribution < 1.29 is 18.6 Å². The molecule has 0 saturated carbocycles. The van der Waals surface area contributed by atoms with Gasteiger partial charge >= 0.3 is 0 Å². The molecule has 6 heteroatoms. The van der Waals surface area contributed by atoms with Crippen LogP contribution in [0.4, 0.5) is 0 Å². The molecule has 0 radical (unpaired) electrons. The van der Waals surface area contributed by atoms with Gasteiger partial charge in [0.05, 0.1) is 7.11 Å². The number of ether oxygens (including phenoxy) is 3. The normalized spacial score (nSPS) is 25.6. The quantitative estimate of drug-likeness (QED) is 0.572. The molecular weight excluding hydrogens is 262 g/mol. The van der Waals surface area contributed by atoms with E-state index in [1.54, 1.807) is 18.2 Å². The van der Waals surface area contributed by atoms with Crippen LogP contribution in [-0.4, -0.2) is 41.0 Å². The molecule has 0 aromatic carbocycles. The Bertz CT molecular complexity index is 429. The summed E-state index contributed by atoms with van der Waals surface area (Å²) in [5.41, 5.74) is -1.36. The average Bonchev–Trinajstić information content (AvgIpc) is 2.36. The molecule has 0 bridgehead atoms. The van der Waals surface area contributed by atoms with Gasteiger partial charge in [-0.15, -0.1) is 0 Å². The molecule has 0 aliphatic heterocycles. The molecule has 19 heavy (non-hydrogen) atoms. The third-order valence-electron chi connectivity index (χ3n) is 2.82. The summed E-state index contributed by atoms with van der Waals surface area (Å²) in [6.07, 6.45) is 5.08. The van der Waals surface area contributed by atoms with Gasteiger partial charge in [0.15, 0.2) is 14.1 Å². The summed E-state index contributed by atoms with van der Waals surface area (Å²) in [5.74, 6) is -0.995. The van der Waals surface area contributed by atoms with Gasteiger partial charge in [0, 0.05) is 14.2 Å². The van der Waals surface area contributed by atoms with Crippen LogP contribution in [0.15, 0.2) is 24.0 Å². The van der Waals surface area contributed by atoms with E-state index in [0.717, 1.165) is 0 Å². The maximum atomic E-state index is 9.67. The zero-order valence-corrected chi connectivity index (χ0v) is 13.3. The van der Waals surface area contributed by atoms with Crippen LogP contribution in [-0.2, 0) is 18.6 Å². The fourth-order valence-corrected chi connectivity index (χ4v) is 3.40. The van der Waals surface area contributed by atoms with Gasteiger partial charge in [-0.2, -0.15) is 5.26 Å². The molecule has 0 heterocycles. The van der Waals surface area contributed by atoms with Crippen LogP contribution in [0.3, 0.4) is 0 Å². The molecule has 0 N–H and O–H groups in total. The number of nitrogens with zero attached hydrogens (tertiary/aromatic N) is 1. The van der Waals surface area contributed by atoms with Crippen molar-refractivity contribution in [1.82, 2.24) is 0 Å². The van der Waals surface area contributed by atoms with Crippen molar-refractivity contribution >= 4 is 8.32 Å². The molecule has 1 aliphatic carbocycles. The lowest BCUT2D eigenvalue weighted by atomic mass is 9.88. The molecule has 1 aliphatic rings. The number of methoxy groups -OCH3 is 3. The van der Waals surface area contributed by atoms with Gasteiger partial charge in [-0.05, 0) is 31.8 Å². The molecule has 0 spiro atoms. The third kappa shape index (κ3) is 2.60. The van der Waals surface area contributed by atoms with E-state index in [2.05, 4.69) is 6.07 Å². The first-order valence-corrected chi connectivity index (χ1v) is 9.37. The largest absolute Gasteiger partial charge is 0.495 e. The van der Waals surface area contributed by atoms with Crippen LogP contribution in [0.1, 0.15) is 0 Å². The zero-order chi connectivity index (χ0) is 14.7. The van der Waals surface area contributed by atoms with Crippen LogP contribution in [0.25, 0.3) is 0 Å². The molecule has 5 nitrogen and oxygen atoms in total. The first kappa shape index (κ1) is 15.9. The summed E-state index contributed by atoms with van der Waals surface area (Å²) in [6.45, 7) is 6.00. The third-order valence-corrected chi connectivity index (χ3v) is 3.75. The second-order valence-corrected chi connectivity index (χ2v) is 9.61. The molecule has 0 aromatic rings. The highest BCUT2D eigenvalue weighted by Crippen LogP contribution is 2.42. The molecule has 106 valence electrons. The van der Waals surface area contributed by atoms with Gasteiger partial charge in [-0.1, -0.05) is 6.08 Å². The van der Waals surface area contributed by atoms with Gasteiger partial charge in [-0.3, -0.25) is 0 Å². The monoisotopic (exact) mass is 283 g/mol. The van der Waals surface area contributed by atoms with E-state index in [4.69, 9.17) is 18.6 Å². The Morgan fingerprint density at radius 3 is 2.11 bits per heavy atom. The van der Waals surface area contributed by atoms with Crippen LogP contribution >= 0.6 is 0 Å². The first-order valence-electron chi connectivity index (χ1n) is 5.96. The standard InChI is InChI=1S/C13H21NO4Si/c1-15-11-8-7-9-12(10-14,18-19(4,5)6)13(11,16-2)17-3/h7-9H,1-6H3. The lowest BCUT2D eigenvalue weighted by Crippen LogP contribution is -2.62. The number of hydrogen-bond acceptors (Lipinski definition) is 5. The fraction of sp³-hybridized carbons (Fsp3) is 0.615. The van der Waals surface area contributed by atoms with Crippen molar-refractivity contribution in [1.29, 1.82) is 5.26 Å². The Balaban J connectivity index is 3.41. The Kier molecular flexibility index (Phi) is 4.58. The van der Waals surface area contributed by atoms with Gasteiger partial charge in [-0.25, -0.2) is 0 Å². The second-order valence-electron chi connectivity index (χ2n) is 5.18. The van der Waals surface area contributed by atoms with E-state index in [1.807, 2.05) is 19.6 Å². The fourth-order valence-electron chi connectivity index (χ4n) is 2.18. The SMILES string of the molecule is COC1=CC=CC(C#N)(O[Si](C)(C)C)C1(OC)OC. The van der Waals surface area contributed by atoms with Crippen molar-refractivity contribution in [3.63, 3.8) is 0 Å². The van der Waals surface area contributed by atoms with E-state index >= 15 is 0 Å². The Hall–Kier alpha value is -1.13. The Labute approximate surface area is 115 Å². The molecule has 0 saturated heterocycles. The summed E-state index contributed by atoms with van der Waals surface area (Å²) in [4.78, 5) is 0. The summed E-state index contributed by atoms with van der Waals surface area (Å²) in [6, 6.07) is 2.19. The predicted octanol–water partition coefficient (Wildman–Crippen LogP) is 2.19. The van der Waals surface area contributed by atoms with Crippen LogP contribution in [0, 0.1) is 11.3 Å². The van der Waals surface area contributed by atoms with E-state index in [-0.39, 0.29) is 0 Å². The highest BCUT2D eigenvalue weighted by atomic mass is 28.4. The highest BCUT2D eigenvalue weighted by Gasteiger charge is 2.60. The molecule has 1 rings (SSSR count). The number of hydrogen-bond donors (Lipinski definition) is 0. The minimum Gasteiger partial charge on any atom is -0.495 e. The minimum absolute atomic E-state index is 0.403. The summed E-state index contributed by atoms with van der Waals surface area (Å²) in [5, 5.41) is 9.67. The Morgan fingerprint density at radius 2 is 1.74 bits per heavy atom. The Morgan fingerprint density at radius 1 is 1.16 bits per heavy atom. The molecule has 0 fully saturated rings. The van der Waals surface area contributed by atoms with Crippen molar-refractivity contribution in [3.05, 3.63) is 24.0 Å². The summed E-state index contributed by atoms with van der Waals surface area (Å²) >= 11 is 0. The lowest BCUT2D eigenvalue weighted by Gasteiger charge is -2.46. The molecule has 1 unspecified atom stereocenters. The van der Waals surface area contributed by atoms with Crippen molar-refractivity contribution in [2.45, 2.75) is 31.0 Å². The van der Waals surface area contributed by atoms with Crippen LogP contribution < -0.4 is 0 Å². The number of allylic oxidation sites excluding steroid dienone is 2. The maximum absolute atomic E-state index is 9.67. The predicted molar refractivity (Wildman–Crippen MR) is 73.8 cm³/mol. The molecular formula is C13H21NO4Si. The van der Waals surface area contributed by atoms with Crippen molar-refractivity contribution in [3.8, 4) is 6.07 Å². The van der Waals surface area contributed by atoms with Gasteiger partial charge in [0.2, 0.25) is 5.60 Å². The van der Waals surface area contributed by atoms with E-state index in [1.165, 1.54) is 21.3 Å². The average molecular weight is 283 g/mol. The van der Waals surface area contributed by atoms with Gasteiger partial charge < -0.3 is 18.6 Å². The van der Waals surface area contributed by atoms with Gasteiger partial charge in [0.1, 0.15) is 6.07 Å². The van der Waals surface area contributed by atoms with Crippen LogP contribution in [0.5, 0.6) is 0 Å². The molecule has 1 atom stereocenters. The van der Waals surface area contributed by atoms with E-state index < -0.39 is 19.7 Å². The summed E-state index contributed by atoms with van der Waals surface area (Å²) < 4.78 is 22.4. The maximum Gasteiger partial charge on any atom is 0.274 e. The second kappa shape index (κ2) is 5.47.